The molecule has 0 saturated heterocycles. The first-order valence-electron chi connectivity index (χ1n) is 5.22. The van der Waals surface area contributed by atoms with E-state index in [9.17, 15) is 0 Å². The van der Waals surface area contributed by atoms with Crippen molar-refractivity contribution in [2.24, 2.45) is 35.3 Å². The Bertz CT molecular complexity index is 182. The van der Waals surface area contributed by atoms with Crippen LogP contribution < -0.4 is 5.73 Å². The molecule has 3 aliphatic carbocycles. The monoisotopic (exact) mass is 167 g/mol. The second-order valence-electron chi connectivity index (χ2n) is 5.62. The summed E-state index contributed by atoms with van der Waals surface area (Å²) < 4.78 is 0. The van der Waals surface area contributed by atoms with Crippen molar-refractivity contribution in [3.63, 3.8) is 0 Å². The number of hydrogen-bond donors (Lipinski definition) is 1. The predicted molar refractivity (Wildman–Crippen MR) is 51.7 cm³/mol. The van der Waals surface area contributed by atoms with Crippen LogP contribution in [-0.4, -0.2) is 5.54 Å². The van der Waals surface area contributed by atoms with Crippen molar-refractivity contribution in [1.29, 1.82) is 0 Å². The van der Waals surface area contributed by atoms with Crippen LogP contribution in [-0.2, 0) is 0 Å². The normalized spacial score (nSPS) is 52.2. The molecule has 0 aromatic carbocycles. The van der Waals surface area contributed by atoms with E-state index in [0.717, 1.165) is 29.6 Å². The van der Waals surface area contributed by atoms with Gasteiger partial charge in [0.25, 0.3) is 0 Å². The minimum Gasteiger partial charge on any atom is -0.325 e. The highest BCUT2D eigenvalue weighted by Crippen LogP contribution is 2.62. The quantitative estimate of drug-likeness (QED) is 0.637. The van der Waals surface area contributed by atoms with E-state index in [1.165, 1.54) is 6.42 Å². The first kappa shape index (κ1) is 8.55. The maximum Gasteiger partial charge on any atom is 0.0128 e. The fourth-order valence-electron chi connectivity index (χ4n) is 3.80. The molecule has 1 heteroatoms. The van der Waals surface area contributed by atoms with Crippen molar-refractivity contribution < 1.29 is 0 Å². The third-order valence-electron chi connectivity index (χ3n) is 4.51. The summed E-state index contributed by atoms with van der Waals surface area (Å²) >= 11 is 0. The Labute approximate surface area is 75.7 Å². The highest BCUT2D eigenvalue weighted by molar-refractivity contribution is 5.08. The molecule has 0 aromatic rings. The van der Waals surface area contributed by atoms with Crippen molar-refractivity contribution in [2.75, 3.05) is 0 Å². The van der Waals surface area contributed by atoms with Crippen LogP contribution in [0.25, 0.3) is 0 Å². The molecular weight excluding hydrogens is 146 g/mol. The smallest absolute Gasteiger partial charge is 0.0128 e. The first-order chi connectivity index (χ1) is 5.43. The van der Waals surface area contributed by atoms with E-state index < -0.39 is 0 Å². The van der Waals surface area contributed by atoms with Crippen LogP contribution in [0.4, 0.5) is 0 Å². The molecule has 70 valence electrons. The summed E-state index contributed by atoms with van der Waals surface area (Å²) in [6.45, 7) is 9.19. The van der Waals surface area contributed by atoms with Gasteiger partial charge in [-0.2, -0.15) is 0 Å². The highest BCUT2D eigenvalue weighted by Gasteiger charge is 2.58. The molecule has 1 nitrogen and oxygen atoms in total. The fourth-order valence-corrected chi connectivity index (χ4v) is 3.80. The Morgan fingerprint density at radius 2 is 1.67 bits per heavy atom. The van der Waals surface area contributed by atoms with Crippen LogP contribution >= 0.6 is 0 Å². The predicted octanol–water partition coefficient (Wildman–Crippen LogP) is 2.26. The van der Waals surface area contributed by atoms with Crippen molar-refractivity contribution in [1.82, 2.24) is 0 Å². The summed E-state index contributed by atoms with van der Waals surface area (Å²) in [5, 5.41) is 0. The second kappa shape index (κ2) is 2.25. The molecule has 3 rings (SSSR count). The molecule has 3 fully saturated rings. The minimum absolute atomic E-state index is 0.0540. The topological polar surface area (TPSA) is 26.0 Å². The summed E-state index contributed by atoms with van der Waals surface area (Å²) in [7, 11) is 0. The molecule has 0 radical (unpaired) electrons. The van der Waals surface area contributed by atoms with E-state index in [0.29, 0.717) is 0 Å². The minimum atomic E-state index is 0.0540. The van der Waals surface area contributed by atoms with Crippen molar-refractivity contribution in [3.05, 3.63) is 0 Å². The SMILES string of the molecule is C[C@@H]1C2CC(C(C)(C)N)C1[C@@H]2C. The summed E-state index contributed by atoms with van der Waals surface area (Å²) in [4.78, 5) is 0. The van der Waals surface area contributed by atoms with Gasteiger partial charge in [-0.3, -0.25) is 0 Å². The molecule has 12 heavy (non-hydrogen) atoms. The van der Waals surface area contributed by atoms with Gasteiger partial charge >= 0.3 is 0 Å². The second-order valence-corrected chi connectivity index (χ2v) is 5.62. The molecule has 0 aliphatic heterocycles. The van der Waals surface area contributed by atoms with Gasteiger partial charge in [-0.05, 0) is 49.9 Å². The van der Waals surface area contributed by atoms with E-state index in [1.807, 2.05) is 0 Å². The van der Waals surface area contributed by atoms with Crippen molar-refractivity contribution in [3.8, 4) is 0 Å². The van der Waals surface area contributed by atoms with Gasteiger partial charge in [0.15, 0.2) is 0 Å². The number of hydrogen-bond acceptors (Lipinski definition) is 1. The Morgan fingerprint density at radius 1 is 1.17 bits per heavy atom. The van der Waals surface area contributed by atoms with Gasteiger partial charge in [0, 0.05) is 5.54 Å². The third-order valence-corrected chi connectivity index (χ3v) is 4.51. The molecule has 3 saturated carbocycles. The van der Waals surface area contributed by atoms with Crippen LogP contribution in [0.5, 0.6) is 0 Å². The first-order valence-corrected chi connectivity index (χ1v) is 5.22. The fraction of sp³-hybridized carbons (Fsp3) is 1.00. The molecule has 0 aromatic heterocycles. The maximum absolute atomic E-state index is 6.18. The lowest BCUT2D eigenvalue weighted by atomic mass is 9.62. The van der Waals surface area contributed by atoms with Crippen LogP contribution in [0.2, 0.25) is 0 Å². The molecule has 0 heterocycles. The summed E-state index contributed by atoms with van der Waals surface area (Å²) in [6, 6.07) is 0. The van der Waals surface area contributed by atoms with Crippen LogP contribution in [0.3, 0.4) is 0 Å². The van der Waals surface area contributed by atoms with E-state index in [2.05, 4.69) is 27.7 Å². The number of rotatable bonds is 1. The van der Waals surface area contributed by atoms with E-state index in [4.69, 9.17) is 5.73 Å². The summed E-state index contributed by atoms with van der Waals surface area (Å²) in [6.07, 6.45) is 1.39. The van der Waals surface area contributed by atoms with Crippen LogP contribution in [0, 0.1) is 29.6 Å². The van der Waals surface area contributed by atoms with Crippen LogP contribution in [0.15, 0.2) is 0 Å². The average molecular weight is 167 g/mol. The average Bonchev–Trinajstić information content (AvgIpc) is 2.42. The molecular formula is C11H21N. The largest absolute Gasteiger partial charge is 0.325 e. The van der Waals surface area contributed by atoms with Crippen LogP contribution in [0.1, 0.15) is 34.1 Å². The van der Waals surface area contributed by atoms with Crippen molar-refractivity contribution in [2.45, 2.75) is 39.7 Å². The van der Waals surface area contributed by atoms with Gasteiger partial charge in [-0.15, -0.1) is 0 Å². The van der Waals surface area contributed by atoms with E-state index >= 15 is 0 Å². The Kier molecular flexibility index (Phi) is 1.61. The Hall–Kier alpha value is -0.0400. The molecule has 3 atom stereocenters. The molecule has 2 N–H and O–H groups in total. The molecule has 0 spiro atoms. The van der Waals surface area contributed by atoms with Gasteiger partial charge in [0.2, 0.25) is 0 Å². The Balaban J connectivity index is 2.15. The zero-order valence-corrected chi connectivity index (χ0v) is 8.67. The standard InChI is InChI=1S/C11H21N/c1-6-8-5-9(11(3,4)12)10(6)7(8)2/h6-10H,5,12H2,1-4H3/t6-,7-,8?,9?,10?/m1/s1. The van der Waals surface area contributed by atoms with Gasteiger partial charge < -0.3 is 5.73 Å². The van der Waals surface area contributed by atoms with E-state index in [1.54, 1.807) is 0 Å². The summed E-state index contributed by atoms with van der Waals surface area (Å²) in [5.74, 6) is 4.60. The van der Waals surface area contributed by atoms with Crippen molar-refractivity contribution >= 4 is 0 Å². The number of fused-ring (bicyclic) bond motifs is 1. The lowest BCUT2D eigenvalue weighted by Crippen LogP contribution is -2.46. The Morgan fingerprint density at radius 3 is 1.83 bits per heavy atom. The maximum atomic E-state index is 6.18. The molecule has 2 bridgehead atoms. The molecule has 3 aliphatic rings. The highest BCUT2D eigenvalue weighted by atomic mass is 14.8. The lowest BCUT2D eigenvalue weighted by Gasteiger charge is -2.43. The third kappa shape index (κ3) is 0.891. The van der Waals surface area contributed by atoms with Gasteiger partial charge in [0.05, 0.1) is 0 Å². The zero-order valence-electron chi connectivity index (χ0n) is 8.67. The van der Waals surface area contributed by atoms with Gasteiger partial charge in [-0.25, -0.2) is 0 Å². The molecule has 1 unspecified atom stereocenters. The number of nitrogens with two attached hydrogens (primary N) is 1. The summed E-state index contributed by atoms with van der Waals surface area (Å²) in [5.41, 5.74) is 6.24. The van der Waals surface area contributed by atoms with Gasteiger partial charge in [0.1, 0.15) is 0 Å². The van der Waals surface area contributed by atoms with Gasteiger partial charge in [-0.1, -0.05) is 13.8 Å². The lowest BCUT2D eigenvalue weighted by molar-refractivity contribution is 0.0533. The van der Waals surface area contributed by atoms with E-state index in [-0.39, 0.29) is 5.54 Å². The molecule has 0 amide bonds. The zero-order chi connectivity index (χ0) is 9.09.